The van der Waals surface area contributed by atoms with Gasteiger partial charge in [0.1, 0.15) is 5.82 Å². The Kier molecular flexibility index (Phi) is 3.33. The van der Waals surface area contributed by atoms with E-state index in [0.29, 0.717) is 17.7 Å². The molecule has 3 atom stereocenters. The monoisotopic (exact) mass is 354 g/mol. The number of likely N-dealkylation sites (tertiary alicyclic amines) is 1. The largest absolute Gasteiger partial charge is 0.354 e. The Morgan fingerprint density at radius 2 is 1.85 bits per heavy atom. The minimum atomic E-state index is 0.218. The summed E-state index contributed by atoms with van der Waals surface area (Å²) in [5.41, 5.74) is 1.02. The summed E-state index contributed by atoms with van der Waals surface area (Å²) in [4.78, 5) is 17.2. The molecule has 26 heavy (non-hydrogen) atoms. The molecule has 3 fully saturated rings. The van der Waals surface area contributed by atoms with Gasteiger partial charge in [-0.15, -0.1) is 15.3 Å². The van der Waals surface area contributed by atoms with Gasteiger partial charge in [-0.3, -0.25) is 4.79 Å². The topological polar surface area (TPSA) is 66.6 Å². The van der Waals surface area contributed by atoms with Gasteiger partial charge < -0.3 is 9.80 Å². The van der Waals surface area contributed by atoms with Crippen molar-refractivity contribution in [2.75, 3.05) is 31.1 Å². The first-order valence-electron chi connectivity index (χ1n) is 9.71. The lowest BCUT2D eigenvalue weighted by Crippen LogP contribution is -2.35. The lowest BCUT2D eigenvalue weighted by Gasteiger charge is -2.23. The van der Waals surface area contributed by atoms with Crippen LogP contribution in [0.1, 0.15) is 33.0 Å². The van der Waals surface area contributed by atoms with Crippen molar-refractivity contribution in [3.63, 3.8) is 0 Å². The second-order valence-corrected chi connectivity index (χ2v) is 8.84. The van der Waals surface area contributed by atoms with Crippen LogP contribution in [0.3, 0.4) is 0 Å². The molecule has 1 amide bonds. The maximum atomic E-state index is 12.7. The highest BCUT2D eigenvalue weighted by Crippen LogP contribution is 2.53. The van der Waals surface area contributed by atoms with Crippen molar-refractivity contribution >= 4 is 17.4 Å². The van der Waals surface area contributed by atoms with E-state index in [0.717, 1.165) is 56.3 Å². The number of hydrogen-bond acceptors (Lipinski definition) is 5. The van der Waals surface area contributed by atoms with Crippen LogP contribution in [0.5, 0.6) is 0 Å². The first kappa shape index (κ1) is 16.0. The fraction of sp³-hybridized carbons (Fsp3) is 0.684. The molecule has 4 heterocycles. The van der Waals surface area contributed by atoms with E-state index in [2.05, 4.69) is 40.8 Å². The van der Waals surface area contributed by atoms with Crippen LogP contribution in [0.15, 0.2) is 12.1 Å². The third kappa shape index (κ3) is 2.40. The van der Waals surface area contributed by atoms with Crippen molar-refractivity contribution in [1.82, 2.24) is 24.7 Å². The van der Waals surface area contributed by atoms with E-state index < -0.39 is 0 Å². The van der Waals surface area contributed by atoms with Crippen LogP contribution in [0.25, 0.3) is 5.65 Å². The zero-order valence-corrected chi connectivity index (χ0v) is 15.7. The molecule has 3 unspecified atom stereocenters. The molecule has 5 rings (SSSR count). The number of carbonyl (C=O) groups excluding carboxylic acids is 1. The molecule has 0 spiro atoms. The van der Waals surface area contributed by atoms with Gasteiger partial charge in [-0.25, -0.2) is 0 Å². The summed E-state index contributed by atoms with van der Waals surface area (Å²) in [5.74, 6) is 3.64. The number of anilines is 1. The minimum absolute atomic E-state index is 0.218. The molecule has 7 heteroatoms. The maximum absolute atomic E-state index is 12.7. The zero-order valence-electron chi connectivity index (χ0n) is 15.7. The van der Waals surface area contributed by atoms with Crippen molar-refractivity contribution in [2.24, 2.45) is 23.2 Å². The first-order valence-corrected chi connectivity index (χ1v) is 9.71. The Balaban J connectivity index is 1.29. The van der Waals surface area contributed by atoms with Crippen LogP contribution < -0.4 is 4.90 Å². The molecular weight excluding hydrogens is 328 g/mol. The smallest absolute Gasteiger partial charge is 0.226 e. The Morgan fingerprint density at radius 1 is 1.15 bits per heavy atom. The van der Waals surface area contributed by atoms with E-state index in [-0.39, 0.29) is 11.3 Å². The molecule has 138 valence electrons. The highest BCUT2D eigenvalue weighted by atomic mass is 16.2. The maximum Gasteiger partial charge on any atom is 0.226 e. The second kappa shape index (κ2) is 5.41. The first-order chi connectivity index (χ1) is 12.5. The number of rotatable bonds is 3. The average molecular weight is 354 g/mol. The third-order valence-electron chi connectivity index (χ3n) is 6.56. The van der Waals surface area contributed by atoms with Crippen molar-refractivity contribution in [1.29, 1.82) is 0 Å². The molecule has 2 saturated heterocycles. The van der Waals surface area contributed by atoms with Gasteiger partial charge >= 0.3 is 0 Å². The van der Waals surface area contributed by atoms with Gasteiger partial charge in [0.2, 0.25) is 5.91 Å². The predicted molar refractivity (Wildman–Crippen MR) is 97.8 cm³/mol. The fourth-order valence-electron chi connectivity index (χ4n) is 4.68. The summed E-state index contributed by atoms with van der Waals surface area (Å²) in [5, 5.41) is 13.1. The summed E-state index contributed by atoms with van der Waals surface area (Å²) >= 11 is 0. The van der Waals surface area contributed by atoms with Crippen LogP contribution in [0.4, 0.5) is 5.82 Å². The highest BCUT2D eigenvalue weighted by molar-refractivity contribution is 5.82. The number of nitrogens with zero attached hydrogens (tertiary/aromatic N) is 6. The summed E-state index contributed by atoms with van der Waals surface area (Å²) in [6.45, 7) is 10.2. The van der Waals surface area contributed by atoms with Gasteiger partial charge in [-0.05, 0) is 24.0 Å². The van der Waals surface area contributed by atoms with Gasteiger partial charge in [-0.1, -0.05) is 20.8 Å². The lowest BCUT2D eigenvalue weighted by atomic mass is 10.0. The Hall–Kier alpha value is -2.18. The standard InChI is InChI=1S/C19H26N6O/c1-4-15-20-21-16-5-6-17(22-25(15)16)23-8-12-10-24(11-13(12)9-23)18(26)14-7-19(14,2)3/h5-6,12-14H,4,7-11H2,1-3H3. The highest BCUT2D eigenvalue weighted by Gasteiger charge is 2.54. The van der Waals surface area contributed by atoms with E-state index in [1.807, 2.05) is 16.6 Å². The fourth-order valence-corrected chi connectivity index (χ4v) is 4.68. The number of amides is 1. The number of hydrogen-bond donors (Lipinski definition) is 0. The van der Waals surface area contributed by atoms with Crippen molar-refractivity contribution < 1.29 is 4.79 Å². The molecule has 0 radical (unpaired) electrons. The van der Waals surface area contributed by atoms with E-state index in [1.54, 1.807) is 0 Å². The second-order valence-electron chi connectivity index (χ2n) is 8.84. The summed E-state index contributed by atoms with van der Waals surface area (Å²) in [6, 6.07) is 4.04. The number of fused-ring (bicyclic) bond motifs is 2. The molecule has 7 nitrogen and oxygen atoms in total. The van der Waals surface area contributed by atoms with Gasteiger partial charge in [0, 0.05) is 50.4 Å². The van der Waals surface area contributed by atoms with Crippen LogP contribution >= 0.6 is 0 Å². The van der Waals surface area contributed by atoms with Crippen LogP contribution in [0.2, 0.25) is 0 Å². The SMILES string of the molecule is CCc1nnc2ccc(N3CC4CN(C(=O)C5CC5(C)C)CC4C3)nn12. The van der Waals surface area contributed by atoms with Gasteiger partial charge in [0.05, 0.1) is 0 Å². The van der Waals surface area contributed by atoms with Gasteiger partial charge in [-0.2, -0.15) is 4.52 Å². The average Bonchev–Trinajstić information content (AvgIpc) is 3.02. The van der Waals surface area contributed by atoms with Crippen molar-refractivity contribution in [3.05, 3.63) is 18.0 Å². The normalized spacial score (nSPS) is 29.4. The number of aromatic nitrogens is 4. The molecule has 2 aliphatic heterocycles. The molecule has 0 aromatic carbocycles. The summed E-state index contributed by atoms with van der Waals surface area (Å²) < 4.78 is 1.86. The molecule has 2 aromatic heterocycles. The van der Waals surface area contributed by atoms with E-state index >= 15 is 0 Å². The molecule has 0 bridgehead atoms. The van der Waals surface area contributed by atoms with Gasteiger partial charge in [0.15, 0.2) is 11.5 Å². The van der Waals surface area contributed by atoms with E-state index in [9.17, 15) is 4.79 Å². The molecule has 1 saturated carbocycles. The summed E-state index contributed by atoms with van der Waals surface area (Å²) in [7, 11) is 0. The quantitative estimate of drug-likeness (QED) is 0.838. The predicted octanol–water partition coefficient (Wildman–Crippen LogP) is 1.63. The van der Waals surface area contributed by atoms with Crippen molar-refractivity contribution in [3.8, 4) is 0 Å². The Bertz CT molecular complexity index is 860. The molecule has 0 N–H and O–H groups in total. The number of aryl methyl sites for hydroxylation is 1. The molecule has 1 aliphatic carbocycles. The molecule has 3 aliphatic rings. The van der Waals surface area contributed by atoms with Crippen LogP contribution in [-0.2, 0) is 11.2 Å². The summed E-state index contributed by atoms with van der Waals surface area (Å²) in [6.07, 6.45) is 1.86. The minimum Gasteiger partial charge on any atom is -0.354 e. The lowest BCUT2D eigenvalue weighted by molar-refractivity contribution is -0.132. The Labute approximate surface area is 153 Å². The number of carbonyl (C=O) groups is 1. The zero-order chi connectivity index (χ0) is 18.1. The van der Waals surface area contributed by atoms with Gasteiger partial charge in [0.25, 0.3) is 0 Å². The van der Waals surface area contributed by atoms with Crippen LogP contribution in [-0.4, -0.2) is 56.8 Å². The molecular formula is C19H26N6O. The Morgan fingerprint density at radius 3 is 2.46 bits per heavy atom. The van der Waals surface area contributed by atoms with E-state index in [4.69, 9.17) is 5.10 Å². The van der Waals surface area contributed by atoms with Crippen molar-refractivity contribution in [2.45, 2.75) is 33.6 Å². The molecule has 2 aromatic rings. The van der Waals surface area contributed by atoms with Crippen LogP contribution in [0, 0.1) is 23.2 Å². The third-order valence-corrected chi connectivity index (χ3v) is 6.56. The van der Waals surface area contributed by atoms with E-state index in [1.165, 1.54) is 0 Å².